The maximum absolute atomic E-state index is 12.3. The minimum Gasteiger partial charge on any atom is -0.309 e. The van der Waals surface area contributed by atoms with E-state index < -0.39 is 12.7 Å². The highest BCUT2D eigenvalue weighted by molar-refractivity contribution is 5.07. The molecule has 2 heterocycles. The lowest BCUT2D eigenvalue weighted by atomic mass is 10.1. The molecule has 2 rings (SSSR count). The second-order valence-electron chi connectivity index (χ2n) is 5.39. The summed E-state index contributed by atoms with van der Waals surface area (Å²) in [5, 5.41) is 3.35. The van der Waals surface area contributed by atoms with Gasteiger partial charge >= 0.3 is 6.18 Å². The molecule has 1 fully saturated rings. The van der Waals surface area contributed by atoms with Crippen molar-refractivity contribution in [3.63, 3.8) is 0 Å². The minimum atomic E-state index is -4.09. The molecule has 112 valence electrons. The van der Waals surface area contributed by atoms with Gasteiger partial charge in [0, 0.05) is 18.8 Å². The first-order chi connectivity index (χ1) is 9.44. The van der Waals surface area contributed by atoms with Gasteiger partial charge in [0.25, 0.3) is 0 Å². The fourth-order valence-electron chi connectivity index (χ4n) is 2.56. The Kier molecular flexibility index (Phi) is 4.99. The van der Waals surface area contributed by atoms with Gasteiger partial charge in [-0.3, -0.25) is 9.88 Å². The first-order valence-corrected chi connectivity index (χ1v) is 6.87. The molecule has 1 aromatic rings. The van der Waals surface area contributed by atoms with Crippen LogP contribution in [-0.4, -0.2) is 42.2 Å². The Morgan fingerprint density at radius 2 is 2.25 bits per heavy atom. The lowest BCUT2D eigenvalue weighted by Gasteiger charge is -2.19. The van der Waals surface area contributed by atoms with Crippen LogP contribution in [0.25, 0.3) is 0 Å². The number of aromatic nitrogens is 1. The van der Waals surface area contributed by atoms with Gasteiger partial charge in [-0.05, 0) is 44.5 Å². The summed E-state index contributed by atoms with van der Waals surface area (Å²) in [7, 11) is 0. The normalized spacial score (nSPS) is 22.1. The average Bonchev–Trinajstić information content (AvgIpc) is 2.82. The topological polar surface area (TPSA) is 28.2 Å². The van der Waals surface area contributed by atoms with Crippen molar-refractivity contribution in [3.8, 4) is 0 Å². The number of pyridine rings is 1. The number of alkyl halides is 3. The summed E-state index contributed by atoms with van der Waals surface area (Å²) in [4.78, 5) is 5.75. The summed E-state index contributed by atoms with van der Waals surface area (Å²) >= 11 is 0. The molecule has 1 N–H and O–H groups in total. The summed E-state index contributed by atoms with van der Waals surface area (Å²) in [5.74, 6) is 0.281. The predicted octanol–water partition coefficient (Wildman–Crippen LogP) is 2.62. The molecule has 1 aliphatic heterocycles. The van der Waals surface area contributed by atoms with E-state index in [4.69, 9.17) is 0 Å². The summed E-state index contributed by atoms with van der Waals surface area (Å²) < 4.78 is 36.9. The maximum atomic E-state index is 12.3. The smallest absolute Gasteiger partial charge is 0.309 e. The Morgan fingerprint density at radius 1 is 1.45 bits per heavy atom. The molecular formula is C14H20F3N3. The molecular weight excluding hydrogens is 267 g/mol. The quantitative estimate of drug-likeness (QED) is 0.902. The second kappa shape index (κ2) is 6.54. The molecule has 0 radical (unpaired) electrons. The molecule has 1 saturated heterocycles. The minimum absolute atomic E-state index is 0.118. The van der Waals surface area contributed by atoms with E-state index in [1.807, 2.05) is 25.1 Å². The lowest BCUT2D eigenvalue weighted by molar-refractivity contribution is -0.143. The number of nitrogens with zero attached hydrogens (tertiary/aromatic N) is 2. The van der Waals surface area contributed by atoms with Crippen LogP contribution in [0.1, 0.15) is 25.1 Å². The Bertz CT molecular complexity index is 408. The van der Waals surface area contributed by atoms with Crippen LogP contribution in [0, 0.1) is 5.92 Å². The number of nitrogens with one attached hydrogen (secondary N) is 1. The van der Waals surface area contributed by atoms with E-state index in [1.165, 1.54) is 4.90 Å². The zero-order valence-corrected chi connectivity index (χ0v) is 11.5. The zero-order chi connectivity index (χ0) is 14.6. The number of hydrogen-bond acceptors (Lipinski definition) is 3. The molecule has 20 heavy (non-hydrogen) atoms. The van der Waals surface area contributed by atoms with Gasteiger partial charge in [-0.2, -0.15) is 13.2 Å². The molecule has 2 atom stereocenters. The van der Waals surface area contributed by atoms with E-state index >= 15 is 0 Å². The van der Waals surface area contributed by atoms with E-state index in [1.54, 1.807) is 6.20 Å². The van der Waals surface area contributed by atoms with Crippen LogP contribution in [0.2, 0.25) is 0 Å². The third kappa shape index (κ3) is 4.76. The number of likely N-dealkylation sites (tertiary alicyclic amines) is 1. The Morgan fingerprint density at radius 3 is 2.90 bits per heavy atom. The van der Waals surface area contributed by atoms with Gasteiger partial charge in [-0.25, -0.2) is 0 Å². The second-order valence-corrected chi connectivity index (χ2v) is 5.39. The molecule has 0 unspecified atom stereocenters. The van der Waals surface area contributed by atoms with E-state index in [-0.39, 0.29) is 12.0 Å². The monoisotopic (exact) mass is 287 g/mol. The molecule has 1 aromatic heterocycles. The molecule has 0 bridgehead atoms. The first-order valence-electron chi connectivity index (χ1n) is 6.87. The van der Waals surface area contributed by atoms with Crippen LogP contribution < -0.4 is 5.32 Å². The van der Waals surface area contributed by atoms with Crippen LogP contribution in [0.3, 0.4) is 0 Å². The lowest BCUT2D eigenvalue weighted by Crippen LogP contribution is -2.34. The Hall–Kier alpha value is -1.14. The average molecular weight is 287 g/mol. The summed E-state index contributed by atoms with van der Waals surface area (Å²) in [6.07, 6.45) is -1.53. The molecule has 0 aromatic carbocycles. The molecule has 1 aliphatic rings. The summed E-state index contributed by atoms with van der Waals surface area (Å²) in [6.45, 7) is 3.00. The zero-order valence-electron chi connectivity index (χ0n) is 11.5. The van der Waals surface area contributed by atoms with Crippen molar-refractivity contribution < 1.29 is 13.2 Å². The molecule has 0 amide bonds. The molecule has 3 nitrogen and oxygen atoms in total. The third-order valence-corrected chi connectivity index (χ3v) is 3.62. The highest BCUT2D eigenvalue weighted by atomic mass is 19.4. The van der Waals surface area contributed by atoms with Gasteiger partial charge < -0.3 is 5.32 Å². The Labute approximate surface area is 117 Å². The van der Waals surface area contributed by atoms with Gasteiger partial charge in [0.1, 0.15) is 0 Å². The summed E-state index contributed by atoms with van der Waals surface area (Å²) in [5.41, 5.74) is 0.956. The largest absolute Gasteiger partial charge is 0.401 e. The molecule has 6 heteroatoms. The van der Waals surface area contributed by atoms with Gasteiger partial charge in [0.2, 0.25) is 0 Å². The van der Waals surface area contributed by atoms with E-state index in [0.29, 0.717) is 13.1 Å². The fourth-order valence-corrected chi connectivity index (χ4v) is 2.56. The van der Waals surface area contributed by atoms with E-state index in [9.17, 15) is 13.2 Å². The predicted molar refractivity (Wildman–Crippen MR) is 71.3 cm³/mol. The molecule has 0 spiro atoms. The van der Waals surface area contributed by atoms with Crippen molar-refractivity contribution in [1.82, 2.24) is 15.2 Å². The van der Waals surface area contributed by atoms with Gasteiger partial charge in [0.15, 0.2) is 0 Å². The first kappa shape index (κ1) is 15.3. The van der Waals surface area contributed by atoms with Crippen LogP contribution in [0.5, 0.6) is 0 Å². The summed E-state index contributed by atoms with van der Waals surface area (Å²) in [6, 6.07) is 5.86. The van der Waals surface area contributed by atoms with Gasteiger partial charge in [-0.1, -0.05) is 6.07 Å². The van der Waals surface area contributed by atoms with Crippen LogP contribution in [0.15, 0.2) is 24.4 Å². The van der Waals surface area contributed by atoms with Crippen molar-refractivity contribution in [2.75, 3.05) is 26.2 Å². The molecule has 0 saturated carbocycles. The third-order valence-electron chi connectivity index (χ3n) is 3.62. The van der Waals surface area contributed by atoms with E-state index in [2.05, 4.69) is 10.3 Å². The van der Waals surface area contributed by atoms with Crippen LogP contribution in [-0.2, 0) is 0 Å². The van der Waals surface area contributed by atoms with Crippen molar-refractivity contribution in [2.45, 2.75) is 25.6 Å². The number of halogens is 3. The highest BCUT2D eigenvalue weighted by Gasteiger charge is 2.34. The van der Waals surface area contributed by atoms with Crippen molar-refractivity contribution in [3.05, 3.63) is 30.1 Å². The van der Waals surface area contributed by atoms with Crippen molar-refractivity contribution in [1.29, 1.82) is 0 Å². The molecule has 0 aliphatic carbocycles. The highest BCUT2D eigenvalue weighted by Crippen LogP contribution is 2.22. The van der Waals surface area contributed by atoms with Crippen molar-refractivity contribution in [2.24, 2.45) is 5.92 Å². The van der Waals surface area contributed by atoms with Gasteiger partial charge in [-0.15, -0.1) is 0 Å². The number of hydrogen-bond donors (Lipinski definition) is 1. The number of rotatable bonds is 5. The van der Waals surface area contributed by atoms with Gasteiger partial charge in [0.05, 0.1) is 12.2 Å². The van der Waals surface area contributed by atoms with Crippen molar-refractivity contribution >= 4 is 0 Å². The Balaban J connectivity index is 1.73. The fraction of sp³-hybridized carbons (Fsp3) is 0.643. The van der Waals surface area contributed by atoms with Crippen LogP contribution in [0.4, 0.5) is 13.2 Å². The maximum Gasteiger partial charge on any atom is 0.401 e. The SMILES string of the molecule is C[C@H](NC[C@@H]1CCN(CC(F)(F)F)C1)c1ccccn1. The standard InChI is InChI=1S/C14H20F3N3/c1-11(13-4-2-3-6-18-13)19-8-12-5-7-20(9-12)10-14(15,16)17/h2-4,6,11-12,19H,5,7-10H2,1H3/t11-,12-/m0/s1. The van der Waals surface area contributed by atoms with E-state index in [0.717, 1.165) is 18.7 Å². The van der Waals surface area contributed by atoms with Crippen LogP contribution >= 0.6 is 0 Å².